The molecule has 0 bridgehead atoms. The fourth-order valence-electron chi connectivity index (χ4n) is 4.26. The summed E-state index contributed by atoms with van der Waals surface area (Å²) in [6, 6.07) is 14.8. The highest BCUT2D eigenvalue weighted by Crippen LogP contribution is 2.34. The average molecular weight is 403 g/mol. The van der Waals surface area contributed by atoms with Gasteiger partial charge in [0.25, 0.3) is 0 Å². The summed E-state index contributed by atoms with van der Waals surface area (Å²) >= 11 is 0. The number of aromatic nitrogens is 5. The summed E-state index contributed by atoms with van der Waals surface area (Å²) in [7, 11) is 0. The van der Waals surface area contributed by atoms with E-state index in [1.54, 1.807) is 0 Å². The lowest BCUT2D eigenvalue weighted by molar-refractivity contribution is 1.10. The van der Waals surface area contributed by atoms with Crippen LogP contribution >= 0.6 is 0 Å². The highest BCUT2D eigenvalue weighted by molar-refractivity contribution is 6.00. The van der Waals surface area contributed by atoms with Gasteiger partial charge in [-0.2, -0.15) is 5.10 Å². The Morgan fingerprint density at radius 2 is 2.00 bits per heavy atom. The second kappa shape index (κ2) is 7.06. The summed E-state index contributed by atoms with van der Waals surface area (Å²) in [5.41, 5.74) is 10.3. The van der Waals surface area contributed by atoms with E-state index in [0.717, 1.165) is 52.0 Å². The van der Waals surface area contributed by atoms with Gasteiger partial charge in [-0.15, -0.1) is 0 Å². The van der Waals surface area contributed by atoms with Crippen LogP contribution in [-0.2, 0) is 6.42 Å². The Morgan fingerprint density at radius 3 is 2.87 bits per heavy atom. The zero-order valence-corrected chi connectivity index (χ0v) is 17.2. The second-order valence-corrected chi connectivity index (χ2v) is 7.85. The molecular formula is C26H21N5. The minimum atomic E-state index is 0.828. The molecule has 0 atom stereocenters. The van der Waals surface area contributed by atoms with Crippen molar-refractivity contribution in [3.8, 4) is 22.6 Å². The maximum atomic E-state index is 4.95. The SMILES string of the molecule is CCc1cncc(-c2ccc3[nH]nc(-c4cc5c(C6=CCC=C6)cccc5[nH]4)c3n2)c1. The van der Waals surface area contributed by atoms with Crippen molar-refractivity contribution in [2.24, 2.45) is 0 Å². The van der Waals surface area contributed by atoms with Crippen molar-refractivity contribution >= 4 is 27.5 Å². The van der Waals surface area contributed by atoms with Crippen LogP contribution in [0.1, 0.15) is 24.5 Å². The fraction of sp³-hybridized carbons (Fsp3) is 0.115. The number of rotatable bonds is 4. The highest BCUT2D eigenvalue weighted by Gasteiger charge is 2.16. The fourth-order valence-corrected chi connectivity index (χ4v) is 4.26. The molecule has 0 saturated heterocycles. The number of H-pyrrole nitrogens is 2. The lowest BCUT2D eigenvalue weighted by atomic mass is 10.0. The summed E-state index contributed by atoms with van der Waals surface area (Å²) in [6.45, 7) is 2.13. The topological polar surface area (TPSA) is 70.2 Å². The van der Waals surface area contributed by atoms with Gasteiger partial charge in [0, 0.05) is 28.9 Å². The molecule has 0 amide bonds. The van der Waals surface area contributed by atoms with Gasteiger partial charge in [0.15, 0.2) is 0 Å². The molecule has 0 fully saturated rings. The molecule has 1 aliphatic rings. The van der Waals surface area contributed by atoms with E-state index in [1.807, 2.05) is 24.5 Å². The molecule has 150 valence electrons. The monoisotopic (exact) mass is 403 g/mol. The van der Waals surface area contributed by atoms with Crippen LogP contribution in [0, 0.1) is 0 Å². The molecule has 0 unspecified atom stereocenters. The molecular weight excluding hydrogens is 382 g/mol. The molecule has 0 spiro atoms. The minimum absolute atomic E-state index is 0.828. The molecule has 4 aromatic heterocycles. The van der Waals surface area contributed by atoms with Crippen molar-refractivity contribution in [1.29, 1.82) is 0 Å². The van der Waals surface area contributed by atoms with Gasteiger partial charge >= 0.3 is 0 Å². The van der Waals surface area contributed by atoms with Gasteiger partial charge in [0.2, 0.25) is 0 Å². The van der Waals surface area contributed by atoms with Crippen LogP contribution in [0.15, 0.2) is 73.1 Å². The molecule has 2 N–H and O–H groups in total. The van der Waals surface area contributed by atoms with E-state index in [1.165, 1.54) is 22.1 Å². The van der Waals surface area contributed by atoms with Crippen LogP contribution < -0.4 is 0 Å². The van der Waals surface area contributed by atoms with Gasteiger partial charge in [0.1, 0.15) is 11.2 Å². The van der Waals surface area contributed by atoms with E-state index in [0.29, 0.717) is 0 Å². The van der Waals surface area contributed by atoms with E-state index in [4.69, 9.17) is 4.98 Å². The largest absolute Gasteiger partial charge is 0.353 e. The number of fused-ring (bicyclic) bond motifs is 2. The molecule has 5 nitrogen and oxygen atoms in total. The Balaban J connectivity index is 1.49. The quantitative estimate of drug-likeness (QED) is 0.382. The van der Waals surface area contributed by atoms with E-state index < -0.39 is 0 Å². The minimum Gasteiger partial charge on any atom is -0.353 e. The van der Waals surface area contributed by atoms with E-state index >= 15 is 0 Å². The van der Waals surface area contributed by atoms with Gasteiger partial charge in [-0.3, -0.25) is 10.1 Å². The predicted octanol–water partition coefficient (Wildman–Crippen LogP) is 6.07. The molecule has 1 aromatic carbocycles. The van der Waals surface area contributed by atoms with Crippen LogP contribution in [0.2, 0.25) is 0 Å². The maximum absolute atomic E-state index is 4.95. The van der Waals surface area contributed by atoms with Crippen molar-refractivity contribution < 1.29 is 0 Å². The van der Waals surface area contributed by atoms with Crippen LogP contribution in [0.5, 0.6) is 0 Å². The van der Waals surface area contributed by atoms with Crippen molar-refractivity contribution in [3.05, 3.63) is 84.2 Å². The van der Waals surface area contributed by atoms with Gasteiger partial charge < -0.3 is 4.98 Å². The number of hydrogen-bond donors (Lipinski definition) is 2. The molecule has 5 heteroatoms. The number of nitrogens with one attached hydrogen (secondary N) is 2. The first-order valence-corrected chi connectivity index (χ1v) is 10.6. The first kappa shape index (κ1) is 17.8. The Kier molecular flexibility index (Phi) is 4.06. The lowest BCUT2D eigenvalue weighted by Crippen LogP contribution is -1.89. The normalized spacial score (nSPS) is 13.4. The number of pyridine rings is 2. The van der Waals surface area contributed by atoms with Gasteiger partial charge in [0.05, 0.1) is 16.9 Å². The Labute approximate surface area is 179 Å². The third-order valence-electron chi connectivity index (χ3n) is 5.91. The van der Waals surface area contributed by atoms with Gasteiger partial charge in [-0.25, -0.2) is 4.98 Å². The number of allylic oxidation sites excluding steroid dienone is 4. The van der Waals surface area contributed by atoms with Crippen molar-refractivity contribution in [2.75, 3.05) is 0 Å². The van der Waals surface area contributed by atoms with Crippen LogP contribution in [-0.4, -0.2) is 25.1 Å². The van der Waals surface area contributed by atoms with Crippen LogP contribution in [0.3, 0.4) is 0 Å². The molecule has 4 heterocycles. The number of aromatic amines is 2. The third-order valence-corrected chi connectivity index (χ3v) is 5.91. The molecule has 0 radical (unpaired) electrons. The smallest absolute Gasteiger partial charge is 0.135 e. The molecule has 0 saturated carbocycles. The van der Waals surface area contributed by atoms with Crippen LogP contribution in [0.25, 0.3) is 50.2 Å². The molecule has 0 aliphatic heterocycles. The number of benzene rings is 1. The second-order valence-electron chi connectivity index (χ2n) is 7.85. The summed E-state index contributed by atoms with van der Waals surface area (Å²) < 4.78 is 0. The van der Waals surface area contributed by atoms with E-state index in [-0.39, 0.29) is 0 Å². The van der Waals surface area contributed by atoms with Gasteiger partial charge in [-0.05, 0) is 59.9 Å². The summed E-state index contributed by atoms with van der Waals surface area (Å²) in [4.78, 5) is 12.9. The summed E-state index contributed by atoms with van der Waals surface area (Å²) in [5, 5.41) is 8.92. The zero-order valence-electron chi connectivity index (χ0n) is 17.2. The molecule has 6 rings (SSSR count). The van der Waals surface area contributed by atoms with Crippen LogP contribution in [0.4, 0.5) is 0 Å². The number of nitrogens with zero attached hydrogens (tertiary/aromatic N) is 3. The third kappa shape index (κ3) is 2.97. The van der Waals surface area contributed by atoms with Crippen molar-refractivity contribution in [1.82, 2.24) is 25.1 Å². The van der Waals surface area contributed by atoms with Gasteiger partial charge in [-0.1, -0.05) is 37.3 Å². The molecule has 5 aromatic rings. The Hall–Kier alpha value is -3.99. The Morgan fingerprint density at radius 1 is 1.03 bits per heavy atom. The highest BCUT2D eigenvalue weighted by atomic mass is 15.1. The van der Waals surface area contributed by atoms with E-state index in [2.05, 4.69) is 75.6 Å². The molecule has 1 aliphatic carbocycles. The zero-order chi connectivity index (χ0) is 20.8. The summed E-state index contributed by atoms with van der Waals surface area (Å²) in [5.74, 6) is 0. The lowest BCUT2D eigenvalue weighted by Gasteiger charge is -2.03. The first-order chi connectivity index (χ1) is 15.3. The first-order valence-electron chi connectivity index (χ1n) is 10.6. The van der Waals surface area contributed by atoms with Crippen molar-refractivity contribution in [2.45, 2.75) is 19.8 Å². The standard InChI is InChI=1S/C26H21N5/c1-2-16-12-18(15-27-14-16)21-10-11-23-25(29-21)26(31-30-23)24-13-20-19(17-6-3-4-7-17)8-5-9-22(20)28-24/h3,5-15,28H,2,4H2,1H3,(H,30,31). The Bertz CT molecular complexity index is 1500. The average Bonchev–Trinajstić information content (AvgIpc) is 3.57. The van der Waals surface area contributed by atoms with E-state index in [9.17, 15) is 0 Å². The predicted molar refractivity (Wildman–Crippen MR) is 126 cm³/mol. The van der Waals surface area contributed by atoms with Crippen molar-refractivity contribution in [3.63, 3.8) is 0 Å². The number of aryl methyl sites for hydroxylation is 1. The summed E-state index contributed by atoms with van der Waals surface area (Å²) in [6.07, 6.45) is 12.4. The number of hydrogen-bond acceptors (Lipinski definition) is 3. The molecule has 31 heavy (non-hydrogen) atoms. The maximum Gasteiger partial charge on any atom is 0.135 e.